The number of hydrogen-bond donors (Lipinski definition) is 0. The van der Waals surface area contributed by atoms with E-state index in [2.05, 4.69) is 0 Å². The molecule has 5 nitrogen and oxygen atoms in total. The third kappa shape index (κ3) is 4.85. The maximum atomic E-state index is 12.7. The Morgan fingerprint density at radius 1 is 1.00 bits per heavy atom. The van der Waals surface area contributed by atoms with Crippen LogP contribution in [-0.2, 0) is 14.8 Å². The fourth-order valence-corrected chi connectivity index (χ4v) is 5.44. The van der Waals surface area contributed by atoms with Crippen LogP contribution in [0.3, 0.4) is 0 Å². The van der Waals surface area contributed by atoms with E-state index in [1.807, 2.05) is 37.3 Å². The molecule has 1 fully saturated rings. The highest BCUT2D eigenvalue weighted by atomic mass is 35.5. The Labute approximate surface area is 169 Å². The van der Waals surface area contributed by atoms with Crippen LogP contribution in [0.25, 0.3) is 0 Å². The molecule has 144 valence electrons. The fraction of sp³-hybridized carbons (Fsp3) is 0.316. The van der Waals surface area contributed by atoms with Gasteiger partial charge in [-0.15, -0.1) is 11.8 Å². The van der Waals surface area contributed by atoms with Gasteiger partial charge in [-0.05, 0) is 43.3 Å². The number of piperazine rings is 1. The minimum atomic E-state index is -3.57. The first-order valence-electron chi connectivity index (χ1n) is 8.64. The summed E-state index contributed by atoms with van der Waals surface area (Å²) < 4.78 is 26.9. The number of carbonyl (C=O) groups excluding carboxylic acids is 1. The van der Waals surface area contributed by atoms with Gasteiger partial charge in [0.25, 0.3) is 0 Å². The molecular weight excluding hydrogens is 404 g/mol. The zero-order valence-corrected chi connectivity index (χ0v) is 17.3. The van der Waals surface area contributed by atoms with E-state index >= 15 is 0 Å². The first-order chi connectivity index (χ1) is 12.9. The highest BCUT2D eigenvalue weighted by molar-refractivity contribution is 8.00. The molecule has 0 N–H and O–H groups in total. The quantitative estimate of drug-likeness (QED) is 0.690. The van der Waals surface area contributed by atoms with Crippen molar-refractivity contribution in [3.8, 4) is 0 Å². The summed E-state index contributed by atoms with van der Waals surface area (Å²) in [5, 5.41) is 0.279. The van der Waals surface area contributed by atoms with E-state index in [9.17, 15) is 13.2 Å². The predicted octanol–water partition coefficient (Wildman–Crippen LogP) is 3.35. The molecule has 0 unspecified atom stereocenters. The largest absolute Gasteiger partial charge is 0.339 e. The monoisotopic (exact) mass is 424 g/mol. The van der Waals surface area contributed by atoms with Crippen LogP contribution in [0.2, 0.25) is 5.02 Å². The summed E-state index contributed by atoms with van der Waals surface area (Å²) in [6.45, 7) is 3.26. The maximum absolute atomic E-state index is 12.7. The van der Waals surface area contributed by atoms with Crippen LogP contribution < -0.4 is 0 Å². The van der Waals surface area contributed by atoms with Crippen molar-refractivity contribution >= 4 is 39.3 Å². The predicted molar refractivity (Wildman–Crippen MR) is 109 cm³/mol. The summed E-state index contributed by atoms with van der Waals surface area (Å²) in [7, 11) is -3.57. The zero-order valence-electron chi connectivity index (χ0n) is 14.9. The number of benzene rings is 2. The van der Waals surface area contributed by atoms with Crippen molar-refractivity contribution in [3.63, 3.8) is 0 Å². The van der Waals surface area contributed by atoms with Gasteiger partial charge in [0.2, 0.25) is 15.9 Å². The summed E-state index contributed by atoms with van der Waals surface area (Å²) in [5.74, 6) is 0.0346. The highest BCUT2D eigenvalue weighted by Gasteiger charge is 2.31. The highest BCUT2D eigenvalue weighted by Crippen LogP contribution is 2.25. The first-order valence-corrected chi connectivity index (χ1v) is 11.3. The molecule has 3 rings (SSSR count). The first kappa shape index (κ1) is 20.2. The van der Waals surface area contributed by atoms with Gasteiger partial charge in [0.05, 0.1) is 10.1 Å². The van der Waals surface area contributed by atoms with Gasteiger partial charge in [0.15, 0.2) is 0 Å². The van der Waals surface area contributed by atoms with Crippen molar-refractivity contribution in [2.24, 2.45) is 0 Å². The molecule has 1 aliphatic heterocycles. The minimum Gasteiger partial charge on any atom is -0.339 e. The molecule has 0 spiro atoms. The van der Waals surface area contributed by atoms with Crippen molar-refractivity contribution < 1.29 is 13.2 Å². The molecule has 0 aliphatic carbocycles. The van der Waals surface area contributed by atoms with E-state index in [-0.39, 0.29) is 16.1 Å². The van der Waals surface area contributed by atoms with E-state index in [0.717, 1.165) is 4.90 Å². The van der Waals surface area contributed by atoms with Gasteiger partial charge in [0.1, 0.15) is 0 Å². The molecular formula is C19H21ClN2O3S2. The molecule has 0 saturated carbocycles. The standard InChI is InChI=1S/C19H21ClN2O3S2/c1-15(26-17-5-3-2-4-6-17)19(23)21-11-13-22(14-12-21)27(24,25)18-9-7-16(20)8-10-18/h2-10,15H,11-14H2,1H3/t15-/m1/s1. The maximum Gasteiger partial charge on any atom is 0.243 e. The van der Waals surface area contributed by atoms with Crippen LogP contribution in [0.5, 0.6) is 0 Å². The number of thioether (sulfide) groups is 1. The number of hydrogen-bond acceptors (Lipinski definition) is 4. The molecule has 27 heavy (non-hydrogen) atoms. The third-order valence-electron chi connectivity index (χ3n) is 4.41. The van der Waals surface area contributed by atoms with E-state index in [0.29, 0.717) is 31.2 Å². The molecule has 0 aromatic heterocycles. The summed E-state index contributed by atoms with van der Waals surface area (Å²) >= 11 is 7.35. The molecule has 1 aliphatic rings. The number of sulfonamides is 1. The summed E-state index contributed by atoms with van der Waals surface area (Å²) in [6.07, 6.45) is 0. The Balaban J connectivity index is 1.59. The molecule has 1 heterocycles. The SMILES string of the molecule is C[C@@H](Sc1ccccc1)C(=O)N1CCN(S(=O)(=O)c2ccc(Cl)cc2)CC1. The van der Waals surface area contributed by atoms with Crippen LogP contribution in [-0.4, -0.2) is 55.0 Å². The minimum absolute atomic E-state index is 0.0346. The third-order valence-corrected chi connectivity index (χ3v) is 7.67. The van der Waals surface area contributed by atoms with Crippen LogP contribution in [0.15, 0.2) is 64.4 Å². The van der Waals surface area contributed by atoms with Crippen LogP contribution in [0, 0.1) is 0 Å². The van der Waals surface area contributed by atoms with Crippen molar-refractivity contribution in [3.05, 3.63) is 59.6 Å². The second kappa shape index (κ2) is 8.65. The molecule has 8 heteroatoms. The summed E-state index contributed by atoms with van der Waals surface area (Å²) in [6, 6.07) is 15.9. The number of halogens is 1. The lowest BCUT2D eigenvalue weighted by Gasteiger charge is -2.35. The normalized spacial score (nSPS) is 16.9. The van der Waals surface area contributed by atoms with Gasteiger partial charge < -0.3 is 4.90 Å². The Hall–Kier alpha value is -1.54. The van der Waals surface area contributed by atoms with E-state index in [4.69, 9.17) is 11.6 Å². The molecule has 0 radical (unpaired) electrons. The van der Waals surface area contributed by atoms with Gasteiger partial charge in [-0.2, -0.15) is 4.31 Å². The summed E-state index contributed by atoms with van der Waals surface area (Å²) in [4.78, 5) is 15.7. The zero-order chi connectivity index (χ0) is 19.4. The Morgan fingerprint density at radius 2 is 1.59 bits per heavy atom. The molecule has 1 atom stereocenters. The van der Waals surface area contributed by atoms with Crippen LogP contribution >= 0.6 is 23.4 Å². The van der Waals surface area contributed by atoms with Gasteiger partial charge in [0, 0.05) is 36.1 Å². The number of carbonyl (C=O) groups is 1. The second-order valence-corrected chi connectivity index (χ2v) is 10.0. The molecule has 2 aromatic carbocycles. The molecule has 1 saturated heterocycles. The number of nitrogens with zero attached hydrogens (tertiary/aromatic N) is 2. The van der Waals surface area contributed by atoms with Gasteiger partial charge in [-0.25, -0.2) is 8.42 Å². The Bertz CT molecular complexity index is 881. The molecule has 0 bridgehead atoms. The Morgan fingerprint density at radius 3 is 2.19 bits per heavy atom. The average molecular weight is 425 g/mol. The second-order valence-electron chi connectivity index (χ2n) is 6.26. The topological polar surface area (TPSA) is 57.7 Å². The lowest BCUT2D eigenvalue weighted by molar-refractivity contribution is -0.131. The summed E-state index contributed by atoms with van der Waals surface area (Å²) in [5.41, 5.74) is 0. The van der Waals surface area contributed by atoms with E-state index < -0.39 is 10.0 Å². The van der Waals surface area contributed by atoms with Crippen molar-refractivity contribution in [1.29, 1.82) is 0 Å². The smallest absolute Gasteiger partial charge is 0.243 e. The lowest BCUT2D eigenvalue weighted by atomic mass is 10.3. The van der Waals surface area contributed by atoms with E-state index in [1.165, 1.54) is 28.2 Å². The fourth-order valence-electron chi connectivity index (χ4n) is 2.92. The number of amides is 1. The van der Waals surface area contributed by atoms with Gasteiger partial charge in [-0.3, -0.25) is 4.79 Å². The lowest BCUT2D eigenvalue weighted by Crippen LogP contribution is -2.52. The molecule has 2 aromatic rings. The van der Waals surface area contributed by atoms with Gasteiger partial charge in [-0.1, -0.05) is 29.8 Å². The number of rotatable bonds is 5. The Kier molecular flexibility index (Phi) is 6.47. The van der Waals surface area contributed by atoms with Crippen LogP contribution in [0.4, 0.5) is 0 Å². The average Bonchev–Trinajstić information content (AvgIpc) is 2.68. The van der Waals surface area contributed by atoms with Crippen LogP contribution in [0.1, 0.15) is 6.92 Å². The van der Waals surface area contributed by atoms with Crippen molar-refractivity contribution in [2.75, 3.05) is 26.2 Å². The van der Waals surface area contributed by atoms with Crippen molar-refractivity contribution in [2.45, 2.75) is 22.0 Å². The van der Waals surface area contributed by atoms with Gasteiger partial charge >= 0.3 is 0 Å². The van der Waals surface area contributed by atoms with Crippen molar-refractivity contribution in [1.82, 2.24) is 9.21 Å². The van der Waals surface area contributed by atoms with E-state index in [1.54, 1.807) is 17.0 Å². The molecule has 1 amide bonds.